The van der Waals surface area contributed by atoms with Crippen LogP contribution in [0, 0.1) is 0 Å². The Bertz CT molecular complexity index is 320. The highest BCUT2D eigenvalue weighted by Crippen LogP contribution is 2.24. The standard InChI is InChI=1S/C14H26N2O3/c1-3-12-10-16(8-9-19-12)7-6-14(2,13(17)18)15-11-4-5-11/h11-12,15H,3-10H2,1-2H3,(H,17,18). The Labute approximate surface area is 115 Å². The summed E-state index contributed by atoms with van der Waals surface area (Å²) in [6, 6.07) is 0.411. The van der Waals surface area contributed by atoms with Crippen LogP contribution in [0.15, 0.2) is 0 Å². The minimum Gasteiger partial charge on any atom is -0.480 e. The van der Waals surface area contributed by atoms with E-state index in [-0.39, 0.29) is 0 Å². The van der Waals surface area contributed by atoms with Crippen molar-refractivity contribution in [3.8, 4) is 0 Å². The van der Waals surface area contributed by atoms with Gasteiger partial charge in [0, 0.05) is 25.7 Å². The first kappa shape index (κ1) is 14.8. The van der Waals surface area contributed by atoms with Gasteiger partial charge in [-0.15, -0.1) is 0 Å². The fraction of sp³-hybridized carbons (Fsp3) is 0.929. The molecule has 2 rings (SSSR count). The van der Waals surface area contributed by atoms with Crippen molar-refractivity contribution in [3.05, 3.63) is 0 Å². The normalized spacial score (nSPS) is 28.0. The maximum Gasteiger partial charge on any atom is 0.323 e. The van der Waals surface area contributed by atoms with Crippen molar-refractivity contribution >= 4 is 5.97 Å². The average Bonchev–Trinajstić information content (AvgIpc) is 3.20. The summed E-state index contributed by atoms with van der Waals surface area (Å²) in [6.45, 7) is 7.36. The van der Waals surface area contributed by atoms with Gasteiger partial charge in [-0.2, -0.15) is 0 Å². The number of morpholine rings is 1. The Morgan fingerprint density at radius 1 is 1.53 bits per heavy atom. The quantitative estimate of drug-likeness (QED) is 0.725. The summed E-state index contributed by atoms with van der Waals surface area (Å²) in [6.07, 6.45) is 4.19. The fourth-order valence-corrected chi connectivity index (χ4v) is 2.53. The number of rotatable bonds is 7. The van der Waals surface area contributed by atoms with Gasteiger partial charge in [0.05, 0.1) is 12.7 Å². The first-order valence-electron chi connectivity index (χ1n) is 7.38. The average molecular weight is 270 g/mol. The van der Waals surface area contributed by atoms with E-state index in [9.17, 15) is 9.90 Å². The minimum atomic E-state index is -0.790. The summed E-state index contributed by atoms with van der Waals surface area (Å²) in [7, 11) is 0. The number of hydrogen-bond acceptors (Lipinski definition) is 4. The van der Waals surface area contributed by atoms with E-state index >= 15 is 0 Å². The van der Waals surface area contributed by atoms with Crippen LogP contribution in [-0.2, 0) is 9.53 Å². The number of nitrogens with zero attached hydrogens (tertiary/aromatic N) is 1. The van der Waals surface area contributed by atoms with Gasteiger partial charge >= 0.3 is 5.97 Å². The molecule has 2 aliphatic rings. The molecule has 1 saturated heterocycles. The molecule has 2 unspecified atom stereocenters. The Balaban J connectivity index is 1.82. The number of ether oxygens (including phenoxy) is 1. The second-order valence-corrected chi connectivity index (χ2v) is 6.01. The van der Waals surface area contributed by atoms with Crippen LogP contribution in [0.3, 0.4) is 0 Å². The fourth-order valence-electron chi connectivity index (χ4n) is 2.53. The zero-order chi connectivity index (χ0) is 13.9. The van der Waals surface area contributed by atoms with E-state index in [1.54, 1.807) is 0 Å². The molecule has 5 nitrogen and oxygen atoms in total. The van der Waals surface area contributed by atoms with Crippen LogP contribution in [0.5, 0.6) is 0 Å². The van der Waals surface area contributed by atoms with E-state index in [0.717, 1.165) is 45.5 Å². The number of carboxylic acid groups (broad SMARTS) is 1. The van der Waals surface area contributed by atoms with Gasteiger partial charge in [-0.25, -0.2) is 0 Å². The van der Waals surface area contributed by atoms with E-state index in [2.05, 4.69) is 17.1 Å². The predicted molar refractivity (Wildman–Crippen MR) is 73.3 cm³/mol. The van der Waals surface area contributed by atoms with Crippen LogP contribution in [0.4, 0.5) is 0 Å². The van der Waals surface area contributed by atoms with Crippen LogP contribution in [0.25, 0.3) is 0 Å². The highest BCUT2D eigenvalue weighted by atomic mass is 16.5. The van der Waals surface area contributed by atoms with E-state index in [1.807, 2.05) is 6.92 Å². The molecule has 1 aliphatic carbocycles. The van der Waals surface area contributed by atoms with Crippen LogP contribution < -0.4 is 5.32 Å². The number of carboxylic acids is 1. The van der Waals surface area contributed by atoms with Gasteiger partial charge < -0.3 is 9.84 Å². The lowest BCUT2D eigenvalue weighted by atomic mass is 9.97. The molecular formula is C14H26N2O3. The second-order valence-electron chi connectivity index (χ2n) is 6.01. The zero-order valence-electron chi connectivity index (χ0n) is 12.0. The van der Waals surface area contributed by atoms with E-state index in [1.165, 1.54) is 0 Å². The van der Waals surface area contributed by atoms with Gasteiger partial charge in [0.25, 0.3) is 0 Å². The van der Waals surface area contributed by atoms with Crippen molar-refractivity contribution in [1.82, 2.24) is 10.2 Å². The predicted octanol–water partition coefficient (Wildman–Crippen LogP) is 1.08. The highest BCUT2D eigenvalue weighted by molar-refractivity contribution is 5.78. The summed E-state index contributed by atoms with van der Waals surface area (Å²) in [5, 5.41) is 12.7. The summed E-state index contributed by atoms with van der Waals surface area (Å²) in [4.78, 5) is 13.8. The molecule has 0 spiro atoms. The van der Waals surface area contributed by atoms with Gasteiger partial charge in [0.15, 0.2) is 0 Å². The van der Waals surface area contributed by atoms with Gasteiger partial charge in [-0.05, 0) is 32.6 Å². The zero-order valence-corrected chi connectivity index (χ0v) is 12.0. The molecule has 0 radical (unpaired) electrons. The molecule has 0 aromatic heterocycles. The maximum absolute atomic E-state index is 11.5. The lowest BCUT2D eigenvalue weighted by Crippen LogP contribution is -2.53. The van der Waals surface area contributed by atoms with Gasteiger partial charge in [-0.3, -0.25) is 15.0 Å². The lowest BCUT2D eigenvalue weighted by Gasteiger charge is -2.35. The number of carbonyl (C=O) groups is 1. The molecule has 0 bridgehead atoms. The van der Waals surface area contributed by atoms with Crippen molar-refractivity contribution in [2.45, 2.75) is 57.2 Å². The van der Waals surface area contributed by atoms with Gasteiger partial charge in [-0.1, -0.05) is 6.92 Å². The largest absolute Gasteiger partial charge is 0.480 e. The molecule has 19 heavy (non-hydrogen) atoms. The smallest absolute Gasteiger partial charge is 0.323 e. The van der Waals surface area contributed by atoms with Crippen molar-refractivity contribution in [2.75, 3.05) is 26.2 Å². The van der Waals surface area contributed by atoms with Crippen molar-refractivity contribution in [3.63, 3.8) is 0 Å². The van der Waals surface area contributed by atoms with Crippen molar-refractivity contribution in [1.29, 1.82) is 0 Å². The van der Waals surface area contributed by atoms with Crippen LogP contribution in [0.1, 0.15) is 39.5 Å². The second kappa shape index (κ2) is 6.20. The summed E-state index contributed by atoms with van der Waals surface area (Å²) in [5.74, 6) is -0.736. The maximum atomic E-state index is 11.5. The molecule has 5 heteroatoms. The first-order chi connectivity index (χ1) is 9.03. The van der Waals surface area contributed by atoms with Crippen LogP contribution in [-0.4, -0.2) is 59.9 Å². The van der Waals surface area contributed by atoms with Crippen LogP contribution >= 0.6 is 0 Å². The molecule has 2 atom stereocenters. The number of nitrogens with one attached hydrogen (secondary N) is 1. The summed E-state index contributed by atoms with van der Waals surface area (Å²) in [5.41, 5.74) is -0.790. The Hall–Kier alpha value is -0.650. The third-order valence-electron chi connectivity index (χ3n) is 4.18. The van der Waals surface area contributed by atoms with Crippen molar-refractivity contribution in [2.24, 2.45) is 0 Å². The van der Waals surface area contributed by atoms with Crippen molar-refractivity contribution < 1.29 is 14.6 Å². The van der Waals surface area contributed by atoms with Crippen LogP contribution in [0.2, 0.25) is 0 Å². The minimum absolute atomic E-state index is 0.307. The molecule has 0 aromatic rings. The third-order valence-corrected chi connectivity index (χ3v) is 4.18. The molecule has 110 valence electrons. The summed E-state index contributed by atoms with van der Waals surface area (Å²) >= 11 is 0. The monoisotopic (exact) mass is 270 g/mol. The van der Waals surface area contributed by atoms with Gasteiger partial charge in [0.1, 0.15) is 5.54 Å². The molecule has 2 fully saturated rings. The molecule has 1 aliphatic heterocycles. The molecule has 0 aromatic carbocycles. The van der Waals surface area contributed by atoms with E-state index in [4.69, 9.17) is 4.74 Å². The Kier molecular flexibility index (Phi) is 4.81. The SMILES string of the molecule is CCC1CN(CCC(C)(NC2CC2)C(=O)O)CCO1. The topological polar surface area (TPSA) is 61.8 Å². The summed E-state index contributed by atoms with van der Waals surface area (Å²) < 4.78 is 5.64. The van der Waals surface area contributed by atoms with E-state index in [0.29, 0.717) is 18.6 Å². The number of hydrogen-bond donors (Lipinski definition) is 2. The first-order valence-corrected chi connectivity index (χ1v) is 7.38. The molecular weight excluding hydrogens is 244 g/mol. The lowest BCUT2D eigenvalue weighted by molar-refractivity contribution is -0.144. The Morgan fingerprint density at radius 2 is 2.26 bits per heavy atom. The van der Waals surface area contributed by atoms with E-state index < -0.39 is 11.5 Å². The molecule has 2 N–H and O–H groups in total. The Morgan fingerprint density at radius 3 is 2.84 bits per heavy atom. The highest BCUT2D eigenvalue weighted by Gasteiger charge is 2.38. The number of aliphatic carboxylic acids is 1. The molecule has 0 amide bonds. The molecule has 1 heterocycles. The third kappa shape index (κ3) is 4.16. The molecule has 1 saturated carbocycles. The van der Waals surface area contributed by atoms with Gasteiger partial charge in [0.2, 0.25) is 0 Å².